The van der Waals surface area contributed by atoms with Crippen LogP contribution in [-0.2, 0) is 23.9 Å². The summed E-state index contributed by atoms with van der Waals surface area (Å²) in [5.41, 5.74) is 0.505. The molecule has 1 aromatic carbocycles. The number of hydrogen-bond donors (Lipinski definition) is 1. The molecule has 0 bridgehead atoms. The Kier molecular flexibility index (Phi) is 10.5. The molecule has 0 aromatic heterocycles. The monoisotopic (exact) mass is 597 g/mol. The highest BCUT2D eigenvalue weighted by Crippen LogP contribution is 2.43. The SMILES string of the molecule is COCCCN1C(=O)C(C)(C)Oc2ccc(N(C(=O)[C@H]3CNC[C@@H](C(=O)C[C@@H](COC)C4CCCCC4)C3)C3CC3)cc21. The highest BCUT2D eigenvalue weighted by Gasteiger charge is 2.43. The summed E-state index contributed by atoms with van der Waals surface area (Å²) in [4.78, 5) is 44.8. The van der Waals surface area contributed by atoms with Gasteiger partial charge in [0.1, 0.15) is 11.5 Å². The topological polar surface area (TPSA) is 97.4 Å². The van der Waals surface area contributed by atoms with Crippen LogP contribution in [0.25, 0.3) is 0 Å². The number of ketones is 1. The van der Waals surface area contributed by atoms with Crippen LogP contribution < -0.4 is 19.9 Å². The zero-order valence-electron chi connectivity index (χ0n) is 26.6. The fourth-order valence-corrected chi connectivity index (χ4v) is 7.32. The standard InChI is InChI=1S/C34H51N3O6/c1-34(2)33(40)36(15-8-16-41-3)29-19-28(13-14-31(29)43-34)37(27-11-12-27)32(39)25-17-24(20-35-21-25)30(38)18-26(22-42-4)23-9-6-5-7-10-23/h13-14,19,23-27,35H,5-12,15-18,20-22H2,1-4H3/t24-,25+,26-/m0/s1. The number of ether oxygens (including phenoxy) is 3. The van der Waals surface area contributed by atoms with Gasteiger partial charge < -0.3 is 29.3 Å². The number of carbonyl (C=O) groups is 3. The summed E-state index contributed by atoms with van der Waals surface area (Å²) in [6.07, 6.45) is 9.83. The van der Waals surface area contributed by atoms with Crippen LogP contribution in [0.4, 0.5) is 11.4 Å². The highest BCUT2D eigenvalue weighted by atomic mass is 16.5. The van der Waals surface area contributed by atoms with Crippen LogP contribution in [0.3, 0.4) is 0 Å². The second kappa shape index (κ2) is 14.1. The minimum absolute atomic E-state index is 0.0579. The minimum atomic E-state index is -0.970. The van der Waals surface area contributed by atoms with Crippen LogP contribution in [0.5, 0.6) is 5.75 Å². The number of anilines is 2. The number of Topliss-reactive ketones (excluding diaryl/α,β-unsaturated/α-hetero) is 1. The van der Waals surface area contributed by atoms with Gasteiger partial charge in [-0.3, -0.25) is 14.4 Å². The van der Waals surface area contributed by atoms with Gasteiger partial charge in [0.2, 0.25) is 5.91 Å². The Bertz CT molecular complexity index is 1140. The average molecular weight is 598 g/mol. The first-order valence-corrected chi connectivity index (χ1v) is 16.4. The largest absolute Gasteiger partial charge is 0.476 e. The number of benzene rings is 1. The van der Waals surface area contributed by atoms with Crippen molar-refractivity contribution < 1.29 is 28.6 Å². The maximum atomic E-state index is 14.2. The molecule has 2 aliphatic carbocycles. The van der Waals surface area contributed by atoms with Gasteiger partial charge in [0.25, 0.3) is 5.91 Å². The second-order valence-electron chi connectivity index (χ2n) is 13.6. The zero-order chi connectivity index (χ0) is 30.6. The van der Waals surface area contributed by atoms with Gasteiger partial charge in [0, 0.05) is 71.1 Å². The van der Waals surface area contributed by atoms with Gasteiger partial charge in [-0.1, -0.05) is 32.1 Å². The van der Waals surface area contributed by atoms with Crippen molar-refractivity contribution in [3.8, 4) is 5.75 Å². The Morgan fingerprint density at radius 2 is 1.81 bits per heavy atom. The van der Waals surface area contributed by atoms with Crippen LogP contribution in [0.2, 0.25) is 0 Å². The third kappa shape index (κ3) is 7.43. The lowest BCUT2D eigenvalue weighted by Crippen LogP contribution is -2.53. The molecule has 4 aliphatic rings. The molecule has 0 unspecified atom stereocenters. The maximum absolute atomic E-state index is 14.2. The third-order valence-electron chi connectivity index (χ3n) is 9.83. The van der Waals surface area contributed by atoms with E-state index in [1.165, 1.54) is 32.1 Å². The highest BCUT2D eigenvalue weighted by molar-refractivity contribution is 6.04. The number of hydrogen-bond acceptors (Lipinski definition) is 7. The molecule has 1 aromatic rings. The van der Waals surface area contributed by atoms with Gasteiger partial charge in [-0.2, -0.15) is 0 Å². The predicted octanol–water partition coefficient (Wildman–Crippen LogP) is 4.75. The van der Waals surface area contributed by atoms with E-state index in [0.29, 0.717) is 69.5 Å². The van der Waals surface area contributed by atoms with E-state index in [1.807, 2.05) is 23.1 Å². The summed E-state index contributed by atoms with van der Waals surface area (Å²) in [6, 6.07) is 5.89. The van der Waals surface area contributed by atoms with E-state index < -0.39 is 5.60 Å². The Morgan fingerprint density at radius 3 is 2.51 bits per heavy atom. The molecule has 1 N–H and O–H groups in total. The van der Waals surface area contributed by atoms with Crippen molar-refractivity contribution in [3.05, 3.63) is 18.2 Å². The Hall–Kier alpha value is -2.49. The van der Waals surface area contributed by atoms with Crippen molar-refractivity contribution in [3.63, 3.8) is 0 Å². The number of amides is 2. The van der Waals surface area contributed by atoms with Crippen LogP contribution in [0.1, 0.15) is 78.1 Å². The van der Waals surface area contributed by atoms with E-state index in [-0.39, 0.29) is 41.4 Å². The van der Waals surface area contributed by atoms with Gasteiger partial charge in [-0.15, -0.1) is 0 Å². The number of methoxy groups -OCH3 is 2. The molecule has 2 amide bonds. The Balaban J connectivity index is 1.31. The molecule has 0 spiro atoms. The summed E-state index contributed by atoms with van der Waals surface area (Å²) >= 11 is 0. The summed E-state index contributed by atoms with van der Waals surface area (Å²) in [6.45, 7) is 6.45. The van der Waals surface area contributed by atoms with E-state index >= 15 is 0 Å². The molecule has 5 rings (SSSR count). The van der Waals surface area contributed by atoms with Gasteiger partial charge in [-0.05, 0) is 69.6 Å². The first-order valence-electron chi connectivity index (χ1n) is 16.4. The summed E-state index contributed by atoms with van der Waals surface area (Å²) < 4.78 is 16.9. The Morgan fingerprint density at radius 1 is 1.07 bits per heavy atom. The van der Waals surface area contributed by atoms with Crippen LogP contribution in [0.15, 0.2) is 18.2 Å². The van der Waals surface area contributed by atoms with E-state index in [1.54, 1.807) is 33.0 Å². The molecule has 1 saturated heterocycles. The molecule has 2 heterocycles. The number of fused-ring (bicyclic) bond motifs is 1. The summed E-state index contributed by atoms with van der Waals surface area (Å²) in [5, 5.41) is 3.41. The lowest BCUT2D eigenvalue weighted by atomic mass is 9.76. The van der Waals surface area contributed by atoms with E-state index in [2.05, 4.69) is 5.32 Å². The molecule has 3 fully saturated rings. The first kappa shape index (κ1) is 31.9. The van der Waals surface area contributed by atoms with Crippen LogP contribution >= 0.6 is 0 Å². The van der Waals surface area contributed by atoms with Gasteiger partial charge >= 0.3 is 0 Å². The van der Waals surface area contributed by atoms with Crippen molar-refractivity contribution in [1.82, 2.24) is 5.32 Å². The maximum Gasteiger partial charge on any atom is 0.270 e. The molecule has 2 aliphatic heterocycles. The Labute approximate surface area is 257 Å². The molecule has 9 nitrogen and oxygen atoms in total. The van der Waals surface area contributed by atoms with Crippen molar-refractivity contribution in [2.24, 2.45) is 23.7 Å². The van der Waals surface area contributed by atoms with Crippen LogP contribution in [0, 0.1) is 23.7 Å². The normalized spacial score (nSPS) is 24.7. The molecule has 2 saturated carbocycles. The van der Waals surface area contributed by atoms with Crippen LogP contribution in [-0.4, -0.2) is 76.3 Å². The van der Waals surface area contributed by atoms with Gasteiger partial charge in [-0.25, -0.2) is 0 Å². The number of nitrogens with zero attached hydrogens (tertiary/aromatic N) is 2. The molecular formula is C34H51N3O6. The molecule has 0 radical (unpaired) electrons. The lowest BCUT2D eigenvalue weighted by molar-refractivity contribution is -0.132. The van der Waals surface area contributed by atoms with E-state index in [0.717, 1.165) is 18.5 Å². The van der Waals surface area contributed by atoms with Crippen molar-refractivity contribution in [2.45, 2.75) is 89.7 Å². The quantitative estimate of drug-likeness (QED) is 0.328. The average Bonchev–Trinajstić information content (AvgIpc) is 3.85. The number of carbonyl (C=O) groups excluding carboxylic acids is 3. The van der Waals surface area contributed by atoms with E-state index in [4.69, 9.17) is 14.2 Å². The fraction of sp³-hybridized carbons (Fsp3) is 0.735. The smallest absolute Gasteiger partial charge is 0.270 e. The van der Waals surface area contributed by atoms with Crippen molar-refractivity contribution in [1.29, 1.82) is 0 Å². The summed E-state index contributed by atoms with van der Waals surface area (Å²) in [5.74, 6) is 1.23. The molecule has 238 valence electrons. The number of piperidine rings is 1. The molecule has 43 heavy (non-hydrogen) atoms. The molecular weight excluding hydrogens is 546 g/mol. The predicted molar refractivity (Wildman–Crippen MR) is 167 cm³/mol. The van der Waals surface area contributed by atoms with Crippen molar-refractivity contribution in [2.75, 3.05) is 56.9 Å². The fourth-order valence-electron chi connectivity index (χ4n) is 7.32. The first-order chi connectivity index (χ1) is 20.7. The van der Waals surface area contributed by atoms with Crippen molar-refractivity contribution >= 4 is 29.0 Å². The molecule has 9 heteroatoms. The molecule has 3 atom stereocenters. The van der Waals surface area contributed by atoms with E-state index in [9.17, 15) is 14.4 Å². The number of nitrogens with one attached hydrogen (secondary N) is 1. The number of rotatable bonds is 13. The minimum Gasteiger partial charge on any atom is -0.476 e. The lowest BCUT2D eigenvalue weighted by Gasteiger charge is -2.40. The van der Waals surface area contributed by atoms with Gasteiger partial charge in [0.05, 0.1) is 11.6 Å². The second-order valence-corrected chi connectivity index (χ2v) is 13.6. The summed E-state index contributed by atoms with van der Waals surface area (Å²) in [7, 11) is 3.38. The zero-order valence-corrected chi connectivity index (χ0v) is 26.6. The third-order valence-corrected chi connectivity index (χ3v) is 9.83. The van der Waals surface area contributed by atoms with Gasteiger partial charge in [0.15, 0.2) is 5.60 Å².